The van der Waals surface area contributed by atoms with Gasteiger partial charge < -0.3 is 14.6 Å². The van der Waals surface area contributed by atoms with Crippen molar-refractivity contribution in [2.45, 2.75) is 44.4 Å². The quantitative estimate of drug-likeness (QED) is 0.839. The van der Waals surface area contributed by atoms with Crippen LogP contribution in [-0.4, -0.2) is 23.3 Å². The van der Waals surface area contributed by atoms with Crippen LogP contribution in [0, 0.1) is 5.92 Å². The zero-order valence-electron chi connectivity index (χ0n) is 15.7. The van der Waals surface area contributed by atoms with Crippen molar-refractivity contribution < 1.29 is 27.2 Å². The first-order valence-electron chi connectivity index (χ1n) is 9.62. The lowest BCUT2D eigenvalue weighted by atomic mass is 9.93. The molecule has 154 valence electrons. The highest BCUT2D eigenvalue weighted by Gasteiger charge is 2.36. The molecule has 8 heteroatoms. The molecule has 2 unspecified atom stereocenters. The van der Waals surface area contributed by atoms with Crippen molar-refractivity contribution in [3.63, 3.8) is 0 Å². The Kier molecular flexibility index (Phi) is 5.10. The van der Waals surface area contributed by atoms with Gasteiger partial charge in [0.25, 0.3) is 0 Å². The molecule has 1 N–H and O–H groups in total. The summed E-state index contributed by atoms with van der Waals surface area (Å²) in [7, 11) is 0. The summed E-state index contributed by atoms with van der Waals surface area (Å²) >= 11 is 0. The second-order valence-corrected chi connectivity index (χ2v) is 7.63. The molecule has 4 rings (SSSR count). The van der Waals surface area contributed by atoms with Gasteiger partial charge >= 0.3 is 6.18 Å². The van der Waals surface area contributed by atoms with Crippen molar-refractivity contribution in [1.82, 2.24) is 10.2 Å². The summed E-state index contributed by atoms with van der Waals surface area (Å²) < 4.78 is 44.1. The third kappa shape index (κ3) is 4.16. The van der Waals surface area contributed by atoms with Gasteiger partial charge in [-0.05, 0) is 36.6 Å². The van der Waals surface area contributed by atoms with E-state index in [-0.39, 0.29) is 37.4 Å². The van der Waals surface area contributed by atoms with E-state index < -0.39 is 17.7 Å². The van der Waals surface area contributed by atoms with Crippen LogP contribution in [0.15, 0.2) is 41.0 Å². The van der Waals surface area contributed by atoms with E-state index >= 15 is 0 Å². The van der Waals surface area contributed by atoms with Crippen molar-refractivity contribution >= 4 is 11.8 Å². The Balaban J connectivity index is 1.39. The summed E-state index contributed by atoms with van der Waals surface area (Å²) in [4.78, 5) is 26.5. The second-order valence-electron chi connectivity index (χ2n) is 7.63. The second kappa shape index (κ2) is 7.57. The third-order valence-corrected chi connectivity index (χ3v) is 5.58. The fourth-order valence-electron chi connectivity index (χ4n) is 4.09. The molecule has 2 aliphatic rings. The molecule has 0 bridgehead atoms. The Labute approximate surface area is 165 Å². The Bertz CT molecular complexity index is 922. The summed E-state index contributed by atoms with van der Waals surface area (Å²) in [5, 5.41) is 3.01. The lowest BCUT2D eigenvalue weighted by Gasteiger charge is -2.24. The third-order valence-electron chi connectivity index (χ3n) is 5.58. The van der Waals surface area contributed by atoms with Crippen molar-refractivity contribution in [2.75, 3.05) is 6.54 Å². The van der Waals surface area contributed by atoms with E-state index in [1.165, 1.54) is 11.0 Å². The molecule has 2 aromatic rings. The maximum Gasteiger partial charge on any atom is 0.416 e. The minimum Gasteiger partial charge on any atom is -0.469 e. The lowest BCUT2D eigenvalue weighted by Crippen LogP contribution is -2.36. The molecule has 2 heterocycles. The van der Waals surface area contributed by atoms with Crippen LogP contribution in [0.1, 0.15) is 47.8 Å². The van der Waals surface area contributed by atoms with Gasteiger partial charge in [0.05, 0.1) is 23.8 Å². The highest BCUT2D eigenvalue weighted by atomic mass is 19.4. The maximum atomic E-state index is 12.9. The molecule has 1 aromatic heterocycles. The number of rotatable bonds is 4. The standard InChI is InChI=1S/C21H21F3N2O3/c22-21(23,24)15-4-1-3-13(9-15)11-26-12-14(10-19(26)27)20(28)25-17-5-2-6-18-16(17)7-8-29-18/h1,3-4,7-9,14,17H,2,5-6,10-12H2,(H,25,28). The Hall–Kier alpha value is -2.77. The summed E-state index contributed by atoms with van der Waals surface area (Å²) in [6, 6.07) is 6.66. The van der Waals surface area contributed by atoms with E-state index in [2.05, 4.69) is 5.32 Å². The Morgan fingerprint density at radius 2 is 2.10 bits per heavy atom. The number of nitrogens with one attached hydrogen (secondary N) is 1. The molecular weight excluding hydrogens is 385 g/mol. The first kappa shape index (κ1) is 19.5. The summed E-state index contributed by atoms with van der Waals surface area (Å²) in [6.07, 6.45) is -0.175. The van der Waals surface area contributed by atoms with Gasteiger partial charge in [0.1, 0.15) is 5.76 Å². The fraction of sp³-hybridized carbons (Fsp3) is 0.429. The average Bonchev–Trinajstić information content (AvgIpc) is 3.29. The van der Waals surface area contributed by atoms with Crippen LogP contribution in [0.2, 0.25) is 0 Å². The van der Waals surface area contributed by atoms with Gasteiger partial charge in [0.15, 0.2) is 0 Å². The number of hydrogen-bond donors (Lipinski definition) is 1. The average molecular weight is 406 g/mol. The van der Waals surface area contributed by atoms with Crippen molar-refractivity contribution in [3.8, 4) is 0 Å². The van der Waals surface area contributed by atoms with Crippen LogP contribution in [-0.2, 0) is 28.7 Å². The highest BCUT2D eigenvalue weighted by Crippen LogP contribution is 2.32. The Morgan fingerprint density at radius 1 is 1.28 bits per heavy atom. The Morgan fingerprint density at radius 3 is 2.90 bits per heavy atom. The number of nitrogens with zero attached hydrogens (tertiary/aromatic N) is 1. The number of halogens is 3. The first-order chi connectivity index (χ1) is 13.8. The highest BCUT2D eigenvalue weighted by molar-refractivity contribution is 5.89. The molecule has 1 aliphatic heterocycles. The number of amides is 2. The number of alkyl halides is 3. The minimum absolute atomic E-state index is 0.0574. The smallest absolute Gasteiger partial charge is 0.416 e. The van der Waals surface area contributed by atoms with Crippen LogP contribution in [0.4, 0.5) is 13.2 Å². The van der Waals surface area contributed by atoms with Gasteiger partial charge in [0.2, 0.25) is 11.8 Å². The monoisotopic (exact) mass is 406 g/mol. The summed E-state index contributed by atoms with van der Waals surface area (Å²) in [6.45, 7) is 0.258. The van der Waals surface area contributed by atoms with Crippen LogP contribution in [0.5, 0.6) is 0 Å². The molecular formula is C21H21F3N2O3. The molecule has 1 aliphatic carbocycles. The normalized spacial score (nSPS) is 21.9. The van der Waals surface area contributed by atoms with Crippen LogP contribution in [0.3, 0.4) is 0 Å². The number of aryl methyl sites for hydroxylation is 1. The number of likely N-dealkylation sites (tertiary alicyclic amines) is 1. The number of hydrogen-bond acceptors (Lipinski definition) is 3. The number of furan rings is 1. The van der Waals surface area contributed by atoms with E-state index in [0.29, 0.717) is 5.56 Å². The lowest BCUT2D eigenvalue weighted by molar-refractivity contribution is -0.137. The number of carbonyl (C=O) groups is 2. The van der Waals surface area contributed by atoms with Crippen molar-refractivity contribution in [2.24, 2.45) is 5.92 Å². The van der Waals surface area contributed by atoms with Crippen LogP contribution in [0.25, 0.3) is 0 Å². The SMILES string of the molecule is O=C(NC1CCCc2occc21)C1CC(=O)N(Cc2cccc(C(F)(F)F)c2)C1. The molecule has 1 aromatic carbocycles. The van der Waals surface area contributed by atoms with Gasteiger partial charge in [-0.15, -0.1) is 0 Å². The number of benzene rings is 1. The predicted molar refractivity (Wildman–Crippen MR) is 97.5 cm³/mol. The van der Waals surface area contributed by atoms with Gasteiger partial charge in [0, 0.05) is 31.5 Å². The van der Waals surface area contributed by atoms with E-state index in [4.69, 9.17) is 4.42 Å². The molecule has 29 heavy (non-hydrogen) atoms. The van der Waals surface area contributed by atoms with E-state index in [0.717, 1.165) is 42.7 Å². The van der Waals surface area contributed by atoms with E-state index in [1.807, 2.05) is 6.07 Å². The largest absolute Gasteiger partial charge is 0.469 e. The molecule has 0 spiro atoms. The molecule has 2 atom stereocenters. The minimum atomic E-state index is -4.43. The molecule has 1 fully saturated rings. The maximum absolute atomic E-state index is 12.9. The van der Waals surface area contributed by atoms with E-state index in [1.54, 1.807) is 12.3 Å². The predicted octanol–water partition coefficient (Wildman–Crippen LogP) is 3.84. The first-order valence-corrected chi connectivity index (χ1v) is 9.62. The summed E-state index contributed by atoms with van der Waals surface area (Å²) in [5.74, 6) is -0.0556. The van der Waals surface area contributed by atoms with Crippen LogP contribution < -0.4 is 5.32 Å². The van der Waals surface area contributed by atoms with Gasteiger partial charge in [-0.25, -0.2) is 0 Å². The number of fused-ring (bicyclic) bond motifs is 1. The fourth-order valence-corrected chi connectivity index (χ4v) is 4.09. The molecule has 0 radical (unpaired) electrons. The zero-order chi connectivity index (χ0) is 20.6. The van der Waals surface area contributed by atoms with Crippen LogP contribution >= 0.6 is 0 Å². The van der Waals surface area contributed by atoms with Crippen molar-refractivity contribution in [1.29, 1.82) is 0 Å². The zero-order valence-corrected chi connectivity index (χ0v) is 15.7. The molecule has 1 saturated heterocycles. The molecule has 2 amide bonds. The van der Waals surface area contributed by atoms with E-state index in [9.17, 15) is 22.8 Å². The van der Waals surface area contributed by atoms with Crippen molar-refractivity contribution in [3.05, 3.63) is 59.0 Å². The summed E-state index contributed by atoms with van der Waals surface area (Å²) in [5.41, 5.74) is 0.628. The topological polar surface area (TPSA) is 62.6 Å². The van der Waals surface area contributed by atoms with Gasteiger partial charge in [-0.1, -0.05) is 12.1 Å². The molecule has 0 saturated carbocycles. The number of carbonyl (C=O) groups excluding carboxylic acids is 2. The molecule has 5 nitrogen and oxygen atoms in total. The van der Waals surface area contributed by atoms with Gasteiger partial charge in [-0.2, -0.15) is 13.2 Å². The van der Waals surface area contributed by atoms with Gasteiger partial charge in [-0.3, -0.25) is 9.59 Å².